The van der Waals surface area contributed by atoms with Crippen LogP contribution in [0.3, 0.4) is 0 Å². The molecule has 0 unspecified atom stereocenters. The maximum absolute atomic E-state index is 12.5. The van der Waals surface area contributed by atoms with Gasteiger partial charge in [0.25, 0.3) is 0 Å². The molecule has 0 aliphatic heterocycles. The van der Waals surface area contributed by atoms with Crippen LogP contribution in [0.1, 0.15) is 31.2 Å². The second kappa shape index (κ2) is 7.20. The van der Waals surface area contributed by atoms with Crippen LogP contribution in [-0.2, 0) is 16.4 Å². The smallest absolute Gasteiger partial charge is 0.214 e. The number of rotatable bonds is 8. The van der Waals surface area contributed by atoms with Crippen molar-refractivity contribution >= 4 is 10.0 Å². The van der Waals surface area contributed by atoms with E-state index in [0.29, 0.717) is 19.4 Å². The minimum atomic E-state index is -3.23. The van der Waals surface area contributed by atoms with Crippen LogP contribution in [0.5, 0.6) is 0 Å². The molecule has 1 aliphatic rings. The molecule has 20 heavy (non-hydrogen) atoms. The molecule has 5 heteroatoms. The summed E-state index contributed by atoms with van der Waals surface area (Å²) in [5.74, 6) is 0.152. The normalized spacial score (nSPS) is 16.3. The Hall–Kier alpha value is -0.910. The molecule has 1 fully saturated rings. The monoisotopic (exact) mass is 297 g/mol. The van der Waals surface area contributed by atoms with Gasteiger partial charge in [0, 0.05) is 19.2 Å². The number of hydrogen-bond donors (Lipinski definition) is 1. The number of aryl methyl sites for hydroxylation is 1. The molecular weight excluding hydrogens is 274 g/mol. The molecule has 0 aromatic heterocycles. The van der Waals surface area contributed by atoms with Gasteiger partial charge in [0.2, 0.25) is 10.0 Å². The molecule has 0 spiro atoms. The van der Waals surface area contributed by atoms with Crippen LogP contribution in [0.15, 0.2) is 30.3 Å². The maximum Gasteiger partial charge on any atom is 0.214 e. The molecule has 112 valence electrons. The zero-order chi connectivity index (χ0) is 14.4. The fraction of sp³-hybridized carbons (Fsp3) is 0.600. The third kappa shape index (κ3) is 4.04. The van der Waals surface area contributed by atoms with Gasteiger partial charge in [-0.25, -0.2) is 8.42 Å². The molecule has 2 rings (SSSR count). The first kappa shape index (κ1) is 15.5. The molecule has 1 aromatic rings. The predicted octanol–water partition coefficient (Wildman–Crippen LogP) is 1.80. The third-order valence-electron chi connectivity index (χ3n) is 3.87. The molecule has 1 aromatic carbocycles. The van der Waals surface area contributed by atoms with Crippen LogP contribution in [-0.4, -0.2) is 42.8 Å². The predicted molar refractivity (Wildman–Crippen MR) is 80.0 cm³/mol. The van der Waals surface area contributed by atoms with Gasteiger partial charge in [0.1, 0.15) is 0 Å². The highest BCUT2D eigenvalue weighted by Crippen LogP contribution is 2.27. The number of hydrogen-bond acceptors (Lipinski definition) is 3. The van der Waals surface area contributed by atoms with Crippen LogP contribution >= 0.6 is 0 Å². The van der Waals surface area contributed by atoms with Gasteiger partial charge in [0.05, 0.1) is 5.75 Å². The Kier molecular flexibility index (Phi) is 5.57. The van der Waals surface area contributed by atoms with Crippen molar-refractivity contribution in [3.05, 3.63) is 35.9 Å². The van der Waals surface area contributed by atoms with E-state index in [1.54, 1.807) is 4.31 Å². The molecule has 0 atom stereocenters. The highest BCUT2D eigenvalue weighted by molar-refractivity contribution is 7.89. The summed E-state index contributed by atoms with van der Waals surface area (Å²) in [5, 5.41) is 8.94. The SMILES string of the molecule is O=S(=O)(CCc1ccccc1)N(CCCO)C1CCC1. The fourth-order valence-corrected chi connectivity index (χ4v) is 4.26. The van der Waals surface area contributed by atoms with E-state index in [2.05, 4.69) is 0 Å². The lowest BCUT2D eigenvalue weighted by atomic mass is 9.93. The van der Waals surface area contributed by atoms with Crippen LogP contribution in [0.2, 0.25) is 0 Å². The zero-order valence-electron chi connectivity index (χ0n) is 11.7. The average Bonchev–Trinajstić information content (AvgIpc) is 2.40. The van der Waals surface area contributed by atoms with Gasteiger partial charge >= 0.3 is 0 Å². The summed E-state index contributed by atoms with van der Waals surface area (Å²) in [6.07, 6.45) is 4.08. The minimum Gasteiger partial charge on any atom is -0.396 e. The lowest BCUT2D eigenvalue weighted by molar-refractivity contribution is 0.198. The molecule has 4 nitrogen and oxygen atoms in total. The first-order valence-electron chi connectivity index (χ1n) is 7.28. The average molecular weight is 297 g/mol. The fourth-order valence-electron chi connectivity index (χ4n) is 2.46. The Bertz CT molecular complexity index is 497. The molecule has 1 N–H and O–H groups in total. The molecular formula is C15H23NO3S. The first-order valence-corrected chi connectivity index (χ1v) is 8.89. The van der Waals surface area contributed by atoms with E-state index in [1.165, 1.54) is 0 Å². The van der Waals surface area contributed by atoms with Crippen molar-refractivity contribution in [2.24, 2.45) is 0 Å². The van der Waals surface area contributed by atoms with Gasteiger partial charge in [-0.1, -0.05) is 36.8 Å². The van der Waals surface area contributed by atoms with Crippen LogP contribution < -0.4 is 0 Å². The summed E-state index contributed by atoms with van der Waals surface area (Å²) in [5.41, 5.74) is 1.05. The summed E-state index contributed by atoms with van der Waals surface area (Å²) in [7, 11) is -3.23. The summed E-state index contributed by atoms with van der Waals surface area (Å²) in [6.45, 7) is 0.482. The van der Waals surface area contributed by atoms with E-state index >= 15 is 0 Å². The van der Waals surface area contributed by atoms with Crippen molar-refractivity contribution < 1.29 is 13.5 Å². The van der Waals surface area contributed by atoms with Crippen molar-refractivity contribution in [3.8, 4) is 0 Å². The molecule has 1 saturated carbocycles. The quantitative estimate of drug-likeness (QED) is 0.796. The largest absolute Gasteiger partial charge is 0.396 e. The van der Waals surface area contributed by atoms with E-state index in [1.807, 2.05) is 30.3 Å². The third-order valence-corrected chi connectivity index (χ3v) is 5.78. The second-order valence-electron chi connectivity index (χ2n) is 5.32. The summed E-state index contributed by atoms with van der Waals surface area (Å²) < 4.78 is 26.6. The van der Waals surface area contributed by atoms with Gasteiger partial charge < -0.3 is 5.11 Å². The number of aliphatic hydroxyl groups is 1. The second-order valence-corrected chi connectivity index (χ2v) is 7.37. The van der Waals surface area contributed by atoms with E-state index in [9.17, 15) is 8.42 Å². The summed E-state index contributed by atoms with van der Waals surface area (Å²) >= 11 is 0. The molecule has 0 amide bonds. The molecule has 0 saturated heterocycles. The van der Waals surface area contributed by atoms with E-state index < -0.39 is 10.0 Å². The number of nitrogens with zero attached hydrogens (tertiary/aromatic N) is 1. The van der Waals surface area contributed by atoms with Crippen LogP contribution in [0.4, 0.5) is 0 Å². The van der Waals surface area contributed by atoms with Gasteiger partial charge in [-0.2, -0.15) is 4.31 Å². The highest BCUT2D eigenvalue weighted by atomic mass is 32.2. The molecule has 1 aliphatic carbocycles. The van der Waals surface area contributed by atoms with Crippen molar-refractivity contribution in [1.29, 1.82) is 0 Å². The first-order chi connectivity index (χ1) is 9.63. The van der Waals surface area contributed by atoms with Crippen molar-refractivity contribution in [2.45, 2.75) is 38.1 Å². The van der Waals surface area contributed by atoms with E-state index in [-0.39, 0.29) is 18.4 Å². The molecule has 0 heterocycles. The Morgan fingerprint density at radius 3 is 2.45 bits per heavy atom. The van der Waals surface area contributed by atoms with Gasteiger partial charge in [-0.3, -0.25) is 0 Å². The Balaban J connectivity index is 1.98. The van der Waals surface area contributed by atoms with Gasteiger partial charge in [-0.15, -0.1) is 0 Å². The Labute approximate surface area is 121 Å². The molecule has 0 bridgehead atoms. The zero-order valence-corrected chi connectivity index (χ0v) is 12.6. The lowest BCUT2D eigenvalue weighted by Crippen LogP contribution is -2.46. The highest BCUT2D eigenvalue weighted by Gasteiger charge is 2.32. The summed E-state index contributed by atoms with van der Waals surface area (Å²) in [4.78, 5) is 0. The topological polar surface area (TPSA) is 57.6 Å². The van der Waals surface area contributed by atoms with Gasteiger partial charge in [0.15, 0.2) is 0 Å². The lowest BCUT2D eigenvalue weighted by Gasteiger charge is -2.36. The minimum absolute atomic E-state index is 0.0391. The maximum atomic E-state index is 12.5. The van der Waals surface area contributed by atoms with Crippen molar-refractivity contribution in [1.82, 2.24) is 4.31 Å². The standard InChI is InChI=1S/C15H23NO3S/c17-12-5-11-16(15-8-4-9-15)20(18,19)13-10-14-6-2-1-3-7-14/h1-3,6-7,15,17H,4-5,8-13H2. The van der Waals surface area contributed by atoms with Crippen LogP contribution in [0, 0.1) is 0 Å². The Morgan fingerprint density at radius 2 is 1.90 bits per heavy atom. The number of sulfonamides is 1. The van der Waals surface area contributed by atoms with E-state index in [0.717, 1.165) is 24.8 Å². The van der Waals surface area contributed by atoms with Crippen molar-refractivity contribution in [3.63, 3.8) is 0 Å². The van der Waals surface area contributed by atoms with Crippen LogP contribution in [0.25, 0.3) is 0 Å². The number of benzene rings is 1. The van der Waals surface area contributed by atoms with E-state index in [4.69, 9.17) is 5.11 Å². The summed E-state index contributed by atoms with van der Waals surface area (Å²) in [6, 6.07) is 9.85. The van der Waals surface area contributed by atoms with Gasteiger partial charge in [-0.05, 0) is 31.2 Å². The van der Waals surface area contributed by atoms with Crippen molar-refractivity contribution in [2.75, 3.05) is 18.9 Å². The molecule has 0 radical (unpaired) electrons. The number of aliphatic hydroxyl groups excluding tert-OH is 1. The Morgan fingerprint density at radius 1 is 1.20 bits per heavy atom.